The van der Waals surface area contributed by atoms with Gasteiger partial charge >= 0.3 is 6.09 Å². The summed E-state index contributed by atoms with van der Waals surface area (Å²) in [6.07, 6.45) is 0.976. The summed E-state index contributed by atoms with van der Waals surface area (Å²) in [5.41, 5.74) is -0.399. The first-order valence-corrected chi connectivity index (χ1v) is 8.31. The lowest BCUT2D eigenvalue weighted by molar-refractivity contribution is 0.0146. The van der Waals surface area contributed by atoms with Gasteiger partial charge in [0.15, 0.2) is 0 Å². The van der Waals surface area contributed by atoms with Crippen LogP contribution in [0.5, 0.6) is 0 Å². The minimum atomic E-state index is -0.399. The quantitative estimate of drug-likeness (QED) is 0.741. The predicted octanol–water partition coefficient (Wildman–Crippen LogP) is 3.35. The molecule has 0 aromatic rings. The van der Waals surface area contributed by atoms with Crippen molar-refractivity contribution >= 4 is 22.0 Å². The Morgan fingerprint density at radius 3 is 2.11 bits per heavy atom. The first-order chi connectivity index (χ1) is 8.92. The number of hydrogen-bond acceptors (Lipinski definition) is 3. The Morgan fingerprint density at radius 2 is 1.68 bits per heavy atom. The van der Waals surface area contributed by atoms with Crippen LogP contribution in [0, 0.1) is 0 Å². The van der Waals surface area contributed by atoms with Gasteiger partial charge in [0.2, 0.25) is 0 Å². The molecule has 1 rings (SSSR count). The molecule has 1 aliphatic heterocycles. The fraction of sp³-hybridized carbons (Fsp3) is 0.929. The Morgan fingerprint density at radius 1 is 1.16 bits per heavy atom. The van der Waals surface area contributed by atoms with Gasteiger partial charge in [0.05, 0.1) is 0 Å². The lowest BCUT2D eigenvalue weighted by Crippen LogP contribution is -2.50. The predicted molar refractivity (Wildman–Crippen MR) is 84.0 cm³/mol. The van der Waals surface area contributed by atoms with Crippen LogP contribution in [0.15, 0.2) is 0 Å². The van der Waals surface area contributed by atoms with Crippen LogP contribution in [-0.2, 0) is 4.74 Å². The molecule has 0 aromatic heterocycles. The SMILES string of the molecule is CC.CC(C)(C)OC(=O)N1CCN(CCCBr)CC1. The molecule has 1 fully saturated rings. The zero-order chi connectivity index (χ0) is 14.9. The average molecular weight is 337 g/mol. The summed E-state index contributed by atoms with van der Waals surface area (Å²) in [7, 11) is 0. The van der Waals surface area contributed by atoms with Gasteiger partial charge in [-0.15, -0.1) is 0 Å². The Kier molecular flexibility index (Phi) is 9.44. The summed E-state index contributed by atoms with van der Waals surface area (Å²) in [6, 6.07) is 0. The standard InChI is InChI=1S/C12H23BrN2O2.C2H6/c1-12(2,3)17-11(16)15-9-7-14(8-10-15)6-4-5-13;1-2/h4-10H2,1-3H3;1-2H3. The summed E-state index contributed by atoms with van der Waals surface area (Å²) in [4.78, 5) is 16.0. The van der Waals surface area contributed by atoms with Crippen molar-refractivity contribution in [1.29, 1.82) is 0 Å². The molecule has 1 aliphatic rings. The maximum absolute atomic E-state index is 11.8. The molecule has 0 saturated carbocycles. The molecule has 0 atom stereocenters. The van der Waals surface area contributed by atoms with E-state index in [1.54, 1.807) is 4.90 Å². The highest BCUT2D eigenvalue weighted by molar-refractivity contribution is 9.09. The van der Waals surface area contributed by atoms with Gasteiger partial charge in [-0.05, 0) is 33.7 Å². The minimum Gasteiger partial charge on any atom is -0.444 e. The fourth-order valence-electron chi connectivity index (χ4n) is 1.76. The number of halogens is 1. The number of carbonyl (C=O) groups is 1. The molecule has 0 N–H and O–H groups in total. The van der Waals surface area contributed by atoms with E-state index < -0.39 is 5.60 Å². The molecule has 0 aliphatic carbocycles. The molecule has 0 spiro atoms. The van der Waals surface area contributed by atoms with Crippen molar-refractivity contribution in [2.24, 2.45) is 0 Å². The first-order valence-electron chi connectivity index (χ1n) is 7.18. The molecule has 0 bridgehead atoms. The third-order valence-electron chi connectivity index (χ3n) is 2.63. The number of nitrogens with zero attached hydrogens (tertiary/aromatic N) is 2. The summed E-state index contributed by atoms with van der Waals surface area (Å²) in [6.45, 7) is 14.3. The molecule has 1 amide bonds. The normalized spacial score (nSPS) is 16.6. The molecule has 4 nitrogen and oxygen atoms in total. The zero-order valence-electron chi connectivity index (χ0n) is 13.0. The highest BCUT2D eigenvalue weighted by atomic mass is 79.9. The second-order valence-electron chi connectivity index (χ2n) is 5.35. The monoisotopic (exact) mass is 336 g/mol. The summed E-state index contributed by atoms with van der Waals surface area (Å²) >= 11 is 3.43. The molecular weight excluding hydrogens is 308 g/mol. The molecule has 19 heavy (non-hydrogen) atoms. The van der Waals surface area contributed by atoms with E-state index in [0.29, 0.717) is 0 Å². The molecule has 0 unspecified atom stereocenters. The summed E-state index contributed by atoms with van der Waals surface area (Å²) in [5, 5.41) is 1.04. The Labute approximate surface area is 126 Å². The van der Waals surface area contributed by atoms with Gasteiger partial charge in [0, 0.05) is 31.5 Å². The van der Waals surface area contributed by atoms with E-state index in [4.69, 9.17) is 4.74 Å². The van der Waals surface area contributed by atoms with Crippen LogP contribution in [0.3, 0.4) is 0 Å². The highest BCUT2D eigenvalue weighted by Crippen LogP contribution is 2.12. The van der Waals surface area contributed by atoms with Crippen LogP contribution in [0.2, 0.25) is 0 Å². The molecule has 0 aromatic carbocycles. The number of hydrogen-bond donors (Lipinski definition) is 0. The maximum atomic E-state index is 11.8. The second-order valence-corrected chi connectivity index (χ2v) is 6.14. The molecule has 1 saturated heterocycles. The third-order valence-corrected chi connectivity index (χ3v) is 3.19. The van der Waals surface area contributed by atoms with Crippen molar-refractivity contribution in [3.63, 3.8) is 0 Å². The van der Waals surface area contributed by atoms with Gasteiger partial charge < -0.3 is 9.64 Å². The molecular formula is C14H29BrN2O2. The van der Waals surface area contributed by atoms with Crippen LogP contribution in [0.1, 0.15) is 41.0 Å². The molecule has 114 valence electrons. The van der Waals surface area contributed by atoms with Crippen LogP contribution < -0.4 is 0 Å². The van der Waals surface area contributed by atoms with Crippen LogP contribution in [0.4, 0.5) is 4.79 Å². The Bertz CT molecular complexity index is 246. The number of ether oxygens (including phenoxy) is 1. The van der Waals surface area contributed by atoms with Crippen molar-refractivity contribution in [2.75, 3.05) is 38.1 Å². The van der Waals surface area contributed by atoms with Crippen molar-refractivity contribution < 1.29 is 9.53 Å². The molecule has 0 radical (unpaired) electrons. The van der Waals surface area contributed by atoms with Crippen molar-refractivity contribution in [3.8, 4) is 0 Å². The number of piperazine rings is 1. The number of alkyl halides is 1. The van der Waals surface area contributed by atoms with E-state index in [1.807, 2.05) is 34.6 Å². The van der Waals surface area contributed by atoms with Crippen LogP contribution >= 0.6 is 15.9 Å². The van der Waals surface area contributed by atoms with Gasteiger partial charge in [-0.3, -0.25) is 4.90 Å². The molecule has 1 heterocycles. The van der Waals surface area contributed by atoms with Gasteiger partial charge in [-0.1, -0.05) is 29.8 Å². The van der Waals surface area contributed by atoms with Gasteiger partial charge in [0.25, 0.3) is 0 Å². The van der Waals surface area contributed by atoms with E-state index in [-0.39, 0.29) is 6.09 Å². The second kappa shape index (κ2) is 9.59. The summed E-state index contributed by atoms with van der Waals surface area (Å²) < 4.78 is 5.35. The fourth-order valence-corrected chi connectivity index (χ4v) is 2.01. The van der Waals surface area contributed by atoms with E-state index in [0.717, 1.165) is 44.5 Å². The Balaban J connectivity index is 0.00000154. The summed E-state index contributed by atoms with van der Waals surface area (Å²) in [5.74, 6) is 0. The smallest absolute Gasteiger partial charge is 0.410 e. The maximum Gasteiger partial charge on any atom is 0.410 e. The zero-order valence-corrected chi connectivity index (χ0v) is 14.6. The topological polar surface area (TPSA) is 32.8 Å². The largest absolute Gasteiger partial charge is 0.444 e. The van der Waals surface area contributed by atoms with Crippen LogP contribution in [-0.4, -0.2) is 59.5 Å². The highest BCUT2D eigenvalue weighted by Gasteiger charge is 2.25. The van der Waals surface area contributed by atoms with Crippen LogP contribution in [0.25, 0.3) is 0 Å². The van der Waals surface area contributed by atoms with Crippen molar-refractivity contribution in [1.82, 2.24) is 9.80 Å². The Hall–Kier alpha value is -0.290. The number of amides is 1. The van der Waals surface area contributed by atoms with E-state index >= 15 is 0 Å². The van der Waals surface area contributed by atoms with E-state index in [2.05, 4.69) is 20.8 Å². The number of rotatable bonds is 3. The van der Waals surface area contributed by atoms with Crippen molar-refractivity contribution in [3.05, 3.63) is 0 Å². The third kappa shape index (κ3) is 8.47. The lowest BCUT2D eigenvalue weighted by Gasteiger charge is -2.35. The minimum absolute atomic E-state index is 0.183. The van der Waals surface area contributed by atoms with E-state index in [9.17, 15) is 4.79 Å². The van der Waals surface area contributed by atoms with E-state index in [1.165, 1.54) is 0 Å². The van der Waals surface area contributed by atoms with Gasteiger partial charge in [0.1, 0.15) is 5.60 Å². The average Bonchev–Trinajstić information content (AvgIpc) is 2.37. The lowest BCUT2D eigenvalue weighted by atomic mass is 10.2. The molecule has 5 heteroatoms. The first kappa shape index (κ1) is 18.7. The number of carbonyl (C=O) groups excluding carboxylic acids is 1. The van der Waals surface area contributed by atoms with Gasteiger partial charge in [-0.2, -0.15) is 0 Å². The van der Waals surface area contributed by atoms with Gasteiger partial charge in [-0.25, -0.2) is 4.79 Å². The van der Waals surface area contributed by atoms with Crippen molar-refractivity contribution in [2.45, 2.75) is 46.6 Å².